The zero-order valence-electron chi connectivity index (χ0n) is 16.4. The highest BCUT2D eigenvalue weighted by Gasteiger charge is 2.27. The van der Waals surface area contributed by atoms with Crippen LogP contribution in [-0.2, 0) is 4.79 Å². The summed E-state index contributed by atoms with van der Waals surface area (Å²) in [5.41, 5.74) is 1.47. The van der Waals surface area contributed by atoms with Gasteiger partial charge in [0.1, 0.15) is 12.4 Å². The molecule has 144 valence electrons. The molecule has 2 rings (SSSR count). The van der Waals surface area contributed by atoms with Crippen molar-refractivity contribution in [2.45, 2.75) is 45.1 Å². The number of hydrogen-bond donors (Lipinski definition) is 1. The first-order valence-corrected chi connectivity index (χ1v) is 9.42. The van der Waals surface area contributed by atoms with E-state index in [1.165, 1.54) is 12.8 Å². The summed E-state index contributed by atoms with van der Waals surface area (Å²) in [6.45, 7) is 3.37. The Morgan fingerprint density at radius 2 is 2.04 bits per heavy atom. The number of fused-ring (bicyclic) bond motifs is 1. The maximum Gasteiger partial charge on any atom is 0.253 e. The fourth-order valence-electron chi connectivity index (χ4n) is 3.06. The Hall–Kier alpha value is -2.24. The van der Waals surface area contributed by atoms with E-state index in [9.17, 15) is 9.59 Å². The van der Waals surface area contributed by atoms with Gasteiger partial charge in [0.15, 0.2) is 0 Å². The first kappa shape index (κ1) is 20.1. The summed E-state index contributed by atoms with van der Waals surface area (Å²) in [6.07, 6.45) is 4.96. The molecule has 1 atom stereocenters. The monoisotopic (exact) mass is 361 g/mol. The van der Waals surface area contributed by atoms with Crippen molar-refractivity contribution in [1.29, 1.82) is 0 Å². The van der Waals surface area contributed by atoms with E-state index in [-0.39, 0.29) is 17.9 Å². The molecule has 0 aliphatic carbocycles. The quantitative estimate of drug-likeness (QED) is 0.723. The van der Waals surface area contributed by atoms with Gasteiger partial charge in [0.2, 0.25) is 5.91 Å². The normalized spacial score (nSPS) is 15.8. The Bertz CT molecular complexity index is 631. The van der Waals surface area contributed by atoms with E-state index in [0.29, 0.717) is 18.6 Å². The third kappa shape index (κ3) is 5.13. The molecule has 1 aromatic rings. The van der Waals surface area contributed by atoms with Gasteiger partial charge in [-0.2, -0.15) is 0 Å². The number of carbonyl (C=O) groups is 2. The van der Waals surface area contributed by atoms with Crippen molar-refractivity contribution in [2.24, 2.45) is 0 Å². The van der Waals surface area contributed by atoms with E-state index in [4.69, 9.17) is 4.74 Å². The van der Waals surface area contributed by atoms with Gasteiger partial charge in [-0.15, -0.1) is 0 Å². The molecule has 1 aromatic carbocycles. The van der Waals surface area contributed by atoms with E-state index in [2.05, 4.69) is 12.2 Å². The van der Waals surface area contributed by atoms with E-state index >= 15 is 0 Å². The van der Waals surface area contributed by atoms with E-state index in [1.54, 1.807) is 25.1 Å². The summed E-state index contributed by atoms with van der Waals surface area (Å²) in [5.74, 6) is 0.748. The maximum atomic E-state index is 12.2. The zero-order chi connectivity index (χ0) is 19.1. The van der Waals surface area contributed by atoms with E-state index in [0.717, 1.165) is 30.8 Å². The minimum Gasteiger partial charge on any atom is -0.489 e. The summed E-state index contributed by atoms with van der Waals surface area (Å²) < 4.78 is 5.81. The molecule has 2 amide bonds. The number of nitrogens with one attached hydrogen (secondary N) is 1. The molecule has 6 nitrogen and oxygen atoms in total. The molecule has 1 heterocycles. The molecular weight excluding hydrogens is 330 g/mol. The molecule has 0 saturated carbocycles. The zero-order valence-corrected chi connectivity index (χ0v) is 16.4. The molecule has 0 saturated heterocycles. The molecule has 0 bridgehead atoms. The number of ether oxygens (including phenoxy) is 1. The molecular formula is C20H31N3O3. The van der Waals surface area contributed by atoms with Crippen molar-refractivity contribution in [3.63, 3.8) is 0 Å². The molecule has 26 heavy (non-hydrogen) atoms. The van der Waals surface area contributed by atoms with Crippen LogP contribution in [0.25, 0.3) is 0 Å². The maximum absolute atomic E-state index is 12.2. The summed E-state index contributed by atoms with van der Waals surface area (Å²) in [4.78, 5) is 28.0. The molecule has 1 aliphatic rings. The van der Waals surface area contributed by atoms with Gasteiger partial charge in [-0.1, -0.05) is 26.2 Å². The largest absolute Gasteiger partial charge is 0.489 e. The van der Waals surface area contributed by atoms with Gasteiger partial charge in [0.25, 0.3) is 5.91 Å². The Morgan fingerprint density at radius 1 is 1.27 bits per heavy atom. The van der Waals surface area contributed by atoms with Crippen LogP contribution in [-0.4, -0.2) is 57.1 Å². The third-order valence-corrected chi connectivity index (χ3v) is 4.74. The summed E-state index contributed by atoms with van der Waals surface area (Å²) >= 11 is 0. The molecule has 1 aliphatic heterocycles. The van der Waals surface area contributed by atoms with Gasteiger partial charge in [0.05, 0.1) is 18.2 Å². The van der Waals surface area contributed by atoms with Gasteiger partial charge in [-0.3, -0.25) is 9.59 Å². The minimum absolute atomic E-state index is 0.0390. The molecule has 0 unspecified atom stereocenters. The topological polar surface area (TPSA) is 61.9 Å². The number of anilines is 1. The summed E-state index contributed by atoms with van der Waals surface area (Å²) in [6, 6.07) is 5.40. The van der Waals surface area contributed by atoms with Crippen LogP contribution in [0.4, 0.5) is 5.69 Å². The Balaban J connectivity index is 1.95. The van der Waals surface area contributed by atoms with Crippen molar-refractivity contribution < 1.29 is 14.3 Å². The van der Waals surface area contributed by atoms with Crippen LogP contribution in [0.5, 0.6) is 5.75 Å². The molecule has 0 spiro atoms. The summed E-state index contributed by atoms with van der Waals surface area (Å²) in [5, 5.41) is 3.00. The first-order chi connectivity index (χ1) is 12.4. The lowest BCUT2D eigenvalue weighted by atomic mass is 10.1. The number of rotatable bonds is 8. The van der Waals surface area contributed by atoms with Crippen LogP contribution < -0.4 is 15.0 Å². The number of carbonyl (C=O) groups excluding carboxylic acids is 2. The molecule has 0 aromatic heterocycles. The van der Waals surface area contributed by atoms with Crippen LogP contribution in [0, 0.1) is 0 Å². The second-order valence-electron chi connectivity index (χ2n) is 7.07. The van der Waals surface area contributed by atoms with Crippen LogP contribution in [0.1, 0.15) is 49.4 Å². The predicted molar refractivity (Wildman–Crippen MR) is 104 cm³/mol. The van der Waals surface area contributed by atoms with Crippen LogP contribution >= 0.6 is 0 Å². The fourth-order valence-corrected chi connectivity index (χ4v) is 3.06. The molecule has 1 N–H and O–H groups in total. The number of benzene rings is 1. The predicted octanol–water partition coefficient (Wildman–Crippen LogP) is 2.67. The molecule has 0 fully saturated rings. The minimum atomic E-state index is -0.0480. The molecule has 0 radical (unpaired) electrons. The molecule has 6 heteroatoms. The highest BCUT2D eigenvalue weighted by atomic mass is 16.5. The number of likely N-dealkylation sites (N-methyl/N-ethyl adjacent to an activating group) is 1. The van der Waals surface area contributed by atoms with Crippen LogP contribution in [0.15, 0.2) is 18.2 Å². The number of nitrogens with zero attached hydrogens (tertiary/aromatic N) is 2. The smallest absolute Gasteiger partial charge is 0.253 e. The van der Waals surface area contributed by atoms with E-state index in [1.807, 2.05) is 24.1 Å². The fraction of sp³-hybridized carbons (Fsp3) is 0.600. The SMILES string of the molecule is CCCCCCNC(=O)C[C@@H]1COc2ccc(C(=O)N(C)C)cc2N1C. The Morgan fingerprint density at radius 3 is 2.73 bits per heavy atom. The highest BCUT2D eigenvalue weighted by Crippen LogP contribution is 2.34. The van der Waals surface area contributed by atoms with Gasteiger partial charge in [-0.25, -0.2) is 0 Å². The average molecular weight is 361 g/mol. The van der Waals surface area contributed by atoms with E-state index < -0.39 is 0 Å². The standard InChI is InChI=1S/C20H31N3O3/c1-5-6-7-8-11-21-19(24)13-16-14-26-18-10-9-15(20(25)22(2)3)12-17(18)23(16)4/h9-10,12,16H,5-8,11,13-14H2,1-4H3,(H,21,24)/t16-/m1/s1. The van der Waals surface area contributed by atoms with Crippen molar-refractivity contribution in [2.75, 3.05) is 39.2 Å². The first-order valence-electron chi connectivity index (χ1n) is 9.42. The lowest BCUT2D eigenvalue weighted by Gasteiger charge is -2.35. The number of hydrogen-bond acceptors (Lipinski definition) is 4. The van der Waals surface area contributed by atoms with Crippen molar-refractivity contribution in [3.8, 4) is 5.75 Å². The number of amides is 2. The summed E-state index contributed by atoms with van der Waals surface area (Å²) in [7, 11) is 5.41. The van der Waals surface area contributed by atoms with Crippen molar-refractivity contribution >= 4 is 17.5 Å². The highest BCUT2D eigenvalue weighted by molar-refractivity contribution is 5.95. The van der Waals surface area contributed by atoms with Crippen molar-refractivity contribution in [3.05, 3.63) is 23.8 Å². The van der Waals surface area contributed by atoms with Crippen LogP contribution in [0.2, 0.25) is 0 Å². The lowest BCUT2D eigenvalue weighted by Crippen LogP contribution is -2.44. The second-order valence-corrected chi connectivity index (χ2v) is 7.07. The number of unbranched alkanes of at least 4 members (excludes halogenated alkanes) is 3. The average Bonchev–Trinajstić information content (AvgIpc) is 2.63. The van der Waals surface area contributed by atoms with Gasteiger partial charge >= 0.3 is 0 Å². The van der Waals surface area contributed by atoms with Gasteiger partial charge < -0.3 is 19.9 Å². The van der Waals surface area contributed by atoms with Gasteiger partial charge in [-0.05, 0) is 24.6 Å². The van der Waals surface area contributed by atoms with Crippen molar-refractivity contribution in [1.82, 2.24) is 10.2 Å². The van der Waals surface area contributed by atoms with Gasteiger partial charge in [0, 0.05) is 33.3 Å². The lowest BCUT2D eigenvalue weighted by molar-refractivity contribution is -0.121. The second kappa shape index (κ2) is 9.46. The van der Waals surface area contributed by atoms with Crippen LogP contribution in [0.3, 0.4) is 0 Å². The third-order valence-electron chi connectivity index (χ3n) is 4.74. The Labute approximate surface area is 156 Å². The Kier molecular flexibility index (Phi) is 7.30.